The van der Waals surface area contributed by atoms with E-state index >= 15 is 0 Å². The Morgan fingerprint density at radius 3 is 2.81 bits per heavy atom. The molecule has 0 radical (unpaired) electrons. The van der Waals surface area contributed by atoms with Gasteiger partial charge in [-0.25, -0.2) is 4.98 Å². The van der Waals surface area contributed by atoms with Crippen molar-refractivity contribution in [1.82, 2.24) is 9.88 Å². The maximum Gasteiger partial charge on any atom is 0.260 e. The van der Waals surface area contributed by atoms with Crippen LogP contribution in [0.5, 0.6) is 11.6 Å². The highest BCUT2D eigenvalue weighted by Gasteiger charge is 2.28. The van der Waals surface area contributed by atoms with Gasteiger partial charge in [-0.15, -0.1) is 0 Å². The topological polar surface area (TPSA) is 75.4 Å². The van der Waals surface area contributed by atoms with Gasteiger partial charge in [-0.1, -0.05) is 26.0 Å². The Bertz CT molecular complexity index is 827. The summed E-state index contributed by atoms with van der Waals surface area (Å²) in [5, 5.41) is 8.93. The first-order valence-electron chi connectivity index (χ1n) is 9.08. The van der Waals surface area contributed by atoms with Crippen LogP contribution in [0.1, 0.15) is 37.3 Å². The first-order valence-corrected chi connectivity index (χ1v) is 9.08. The zero-order valence-corrected chi connectivity index (χ0v) is 15.6. The highest BCUT2D eigenvalue weighted by Crippen LogP contribution is 2.20. The Morgan fingerprint density at radius 2 is 2.11 bits per heavy atom. The predicted molar refractivity (Wildman–Crippen MR) is 101 cm³/mol. The molecule has 1 aromatic heterocycles. The summed E-state index contributed by atoms with van der Waals surface area (Å²) in [7, 11) is 0. The number of likely N-dealkylation sites (tertiary alicyclic amines) is 1. The summed E-state index contributed by atoms with van der Waals surface area (Å²) in [6, 6.07) is 13.1. The van der Waals surface area contributed by atoms with E-state index in [0.717, 1.165) is 6.42 Å². The molecule has 2 heterocycles. The Labute approximate surface area is 159 Å². The normalized spacial score (nSPS) is 16.2. The Hall–Kier alpha value is -3.07. The number of carbonyl (C=O) groups excluding carboxylic acids is 1. The highest BCUT2D eigenvalue weighted by molar-refractivity contribution is 5.78. The molecule has 6 heteroatoms. The molecule has 1 atom stereocenters. The average molecular weight is 365 g/mol. The molecule has 27 heavy (non-hydrogen) atoms. The van der Waals surface area contributed by atoms with Gasteiger partial charge in [-0.05, 0) is 29.7 Å². The summed E-state index contributed by atoms with van der Waals surface area (Å²) in [4.78, 5) is 18.2. The molecular formula is C21H23N3O3. The molecule has 0 bridgehead atoms. The number of ether oxygens (including phenoxy) is 2. The number of nitrogens with zero attached hydrogens (tertiary/aromatic N) is 3. The summed E-state index contributed by atoms with van der Waals surface area (Å²) >= 11 is 0. The van der Waals surface area contributed by atoms with Crippen molar-refractivity contribution in [1.29, 1.82) is 5.26 Å². The Kier molecular flexibility index (Phi) is 5.92. The number of benzene rings is 1. The molecule has 1 saturated heterocycles. The molecule has 6 nitrogen and oxygen atoms in total. The second kappa shape index (κ2) is 8.54. The quantitative estimate of drug-likeness (QED) is 0.786. The van der Waals surface area contributed by atoms with Crippen molar-refractivity contribution in [2.24, 2.45) is 0 Å². The lowest BCUT2D eigenvalue weighted by Crippen LogP contribution is -2.34. The Balaban J connectivity index is 1.48. The standard InChI is InChI=1S/C21H23N3O3/c1-15(2)17-3-5-18(6-4-17)26-14-21(25)24-10-8-19(13-24)27-20-11-16(12-22)7-9-23-20/h3-7,9,11,15,19H,8,10,13-14H2,1-2H3. The monoisotopic (exact) mass is 365 g/mol. The minimum atomic E-state index is -0.124. The van der Waals surface area contributed by atoms with E-state index < -0.39 is 0 Å². The van der Waals surface area contributed by atoms with Crippen molar-refractivity contribution in [2.75, 3.05) is 19.7 Å². The van der Waals surface area contributed by atoms with Gasteiger partial charge in [-0.3, -0.25) is 4.79 Å². The lowest BCUT2D eigenvalue weighted by Gasteiger charge is -2.17. The number of carbonyl (C=O) groups is 1. The van der Waals surface area contributed by atoms with Gasteiger partial charge in [0.1, 0.15) is 11.9 Å². The van der Waals surface area contributed by atoms with Crippen LogP contribution in [-0.2, 0) is 4.79 Å². The number of amides is 1. The van der Waals surface area contributed by atoms with Gasteiger partial charge in [0.2, 0.25) is 5.88 Å². The van der Waals surface area contributed by atoms with Gasteiger partial charge in [0.05, 0.1) is 18.2 Å². The van der Waals surface area contributed by atoms with E-state index in [4.69, 9.17) is 14.7 Å². The van der Waals surface area contributed by atoms with Gasteiger partial charge in [0.25, 0.3) is 5.91 Å². The lowest BCUT2D eigenvalue weighted by atomic mass is 10.0. The van der Waals surface area contributed by atoms with Crippen LogP contribution in [0.25, 0.3) is 0 Å². The van der Waals surface area contributed by atoms with Crippen LogP contribution >= 0.6 is 0 Å². The maximum absolute atomic E-state index is 12.4. The van der Waals surface area contributed by atoms with Crippen LogP contribution in [0.4, 0.5) is 0 Å². The van der Waals surface area contributed by atoms with Crippen molar-refractivity contribution in [3.8, 4) is 17.7 Å². The second-order valence-corrected chi connectivity index (χ2v) is 6.88. The van der Waals surface area contributed by atoms with Crippen LogP contribution in [0, 0.1) is 11.3 Å². The summed E-state index contributed by atoms with van der Waals surface area (Å²) in [5.74, 6) is 1.51. The number of aromatic nitrogens is 1. The predicted octanol–water partition coefficient (Wildman–Crippen LogP) is 3.14. The van der Waals surface area contributed by atoms with Gasteiger partial charge in [-0.2, -0.15) is 5.26 Å². The number of rotatable bonds is 6. The van der Waals surface area contributed by atoms with Crippen LogP contribution in [0.15, 0.2) is 42.6 Å². The van der Waals surface area contributed by atoms with E-state index in [1.54, 1.807) is 23.2 Å². The van der Waals surface area contributed by atoms with Crippen molar-refractivity contribution in [3.63, 3.8) is 0 Å². The van der Waals surface area contributed by atoms with Crippen LogP contribution in [0.3, 0.4) is 0 Å². The van der Waals surface area contributed by atoms with E-state index in [1.165, 1.54) is 5.56 Å². The third-order valence-electron chi connectivity index (χ3n) is 4.56. The van der Waals surface area contributed by atoms with Crippen molar-refractivity contribution in [2.45, 2.75) is 32.3 Å². The van der Waals surface area contributed by atoms with E-state index in [-0.39, 0.29) is 18.6 Å². The van der Waals surface area contributed by atoms with E-state index in [2.05, 4.69) is 24.9 Å². The molecule has 3 rings (SSSR count). The third-order valence-corrected chi connectivity index (χ3v) is 4.56. The zero-order chi connectivity index (χ0) is 19.2. The molecule has 2 aromatic rings. The lowest BCUT2D eigenvalue weighted by molar-refractivity contribution is -0.132. The number of hydrogen-bond acceptors (Lipinski definition) is 5. The number of pyridine rings is 1. The van der Waals surface area contributed by atoms with Crippen molar-refractivity contribution in [3.05, 3.63) is 53.7 Å². The molecule has 1 aliphatic heterocycles. The molecule has 1 amide bonds. The van der Waals surface area contributed by atoms with E-state index in [0.29, 0.717) is 36.2 Å². The fraction of sp³-hybridized carbons (Fsp3) is 0.381. The fourth-order valence-corrected chi connectivity index (χ4v) is 2.95. The maximum atomic E-state index is 12.4. The summed E-state index contributed by atoms with van der Waals surface area (Å²) in [6.45, 7) is 5.40. The molecule has 0 N–H and O–H groups in total. The zero-order valence-electron chi connectivity index (χ0n) is 15.6. The SMILES string of the molecule is CC(C)c1ccc(OCC(=O)N2CCC(Oc3cc(C#N)ccn3)C2)cc1. The average Bonchev–Trinajstić information content (AvgIpc) is 3.15. The van der Waals surface area contributed by atoms with Gasteiger partial charge in [0, 0.05) is 25.2 Å². The molecule has 0 spiro atoms. The molecule has 0 aliphatic carbocycles. The first kappa shape index (κ1) is 18.7. The van der Waals surface area contributed by atoms with E-state index in [1.807, 2.05) is 24.3 Å². The largest absolute Gasteiger partial charge is 0.484 e. The van der Waals surface area contributed by atoms with Gasteiger partial charge in [0.15, 0.2) is 6.61 Å². The minimum absolute atomic E-state index is 0.00983. The van der Waals surface area contributed by atoms with Crippen LogP contribution in [0.2, 0.25) is 0 Å². The molecule has 1 aromatic carbocycles. The number of nitriles is 1. The highest BCUT2D eigenvalue weighted by atomic mass is 16.5. The molecule has 1 aliphatic rings. The molecule has 1 fully saturated rings. The van der Waals surface area contributed by atoms with Crippen molar-refractivity contribution >= 4 is 5.91 Å². The summed E-state index contributed by atoms with van der Waals surface area (Å²) in [5.41, 5.74) is 1.74. The molecule has 140 valence electrons. The molecule has 1 unspecified atom stereocenters. The molecule has 0 saturated carbocycles. The van der Waals surface area contributed by atoms with E-state index in [9.17, 15) is 4.79 Å². The Morgan fingerprint density at radius 1 is 1.33 bits per heavy atom. The smallest absolute Gasteiger partial charge is 0.260 e. The minimum Gasteiger partial charge on any atom is -0.484 e. The van der Waals surface area contributed by atoms with Crippen LogP contribution < -0.4 is 9.47 Å². The molecular weight excluding hydrogens is 342 g/mol. The van der Waals surface area contributed by atoms with Crippen LogP contribution in [-0.4, -0.2) is 41.6 Å². The first-order chi connectivity index (χ1) is 13.0. The second-order valence-electron chi connectivity index (χ2n) is 6.88. The summed E-state index contributed by atoms with van der Waals surface area (Å²) in [6.07, 6.45) is 2.15. The summed E-state index contributed by atoms with van der Waals surface area (Å²) < 4.78 is 11.4. The number of hydrogen-bond donors (Lipinski definition) is 0. The van der Waals surface area contributed by atoms with Crippen molar-refractivity contribution < 1.29 is 14.3 Å². The van der Waals surface area contributed by atoms with Gasteiger partial charge < -0.3 is 14.4 Å². The van der Waals surface area contributed by atoms with Gasteiger partial charge >= 0.3 is 0 Å². The third kappa shape index (κ3) is 4.98. The fourth-order valence-electron chi connectivity index (χ4n) is 2.95.